The summed E-state index contributed by atoms with van der Waals surface area (Å²) in [6.07, 6.45) is 5.76. The van der Waals surface area contributed by atoms with Crippen LogP contribution in [0.2, 0.25) is 0 Å². The molecule has 1 atom stereocenters. The van der Waals surface area contributed by atoms with Crippen LogP contribution in [-0.2, 0) is 6.54 Å². The van der Waals surface area contributed by atoms with E-state index in [1.165, 1.54) is 12.0 Å². The first kappa shape index (κ1) is 15.1. The van der Waals surface area contributed by atoms with Gasteiger partial charge in [0.25, 0.3) is 0 Å². The predicted octanol–water partition coefficient (Wildman–Crippen LogP) is 2.74. The third-order valence-electron chi connectivity index (χ3n) is 4.70. The molecule has 2 aromatic heterocycles. The van der Waals surface area contributed by atoms with Gasteiger partial charge in [0.1, 0.15) is 11.3 Å². The van der Waals surface area contributed by atoms with E-state index in [1.807, 2.05) is 12.1 Å². The molecule has 4 rings (SSSR count). The van der Waals surface area contributed by atoms with Crippen LogP contribution >= 0.6 is 0 Å². The van der Waals surface area contributed by atoms with Gasteiger partial charge in [0.05, 0.1) is 12.8 Å². The number of hydrogen-bond donors (Lipinski definition) is 1. The Hall–Kier alpha value is -2.47. The number of H-pyrrole nitrogens is 1. The van der Waals surface area contributed by atoms with Gasteiger partial charge in [0, 0.05) is 31.4 Å². The molecule has 124 valence electrons. The Balaban J connectivity index is 1.49. The first-order chi connectivity index (χ1) is 11.8. The summed E-state index contributed by atoms with van der Waals surface area (Å²) in [6.45, 7) is 3.10. The van der Waals surface area contributed by atoms with Crippen LogP contribution in [0.4, 0.5) is 0 Å². The van der Waals surface area contributed by atoms with Crippen LogP contribution in [-0.4, -0.2) is 45.3 Å². The Kier molecular flexibility index (Phi) is 4.13. The average Bonchev–Trinajstić information content (AvgIpc) is 3.07. The standard InChI is InChI=1S/C18H21N5O/c1-24-15-6-4-13(5-7-15)11-23-10-2-3-14(12-23)16-17-18(22-21-16)20-9-8-19-17/h4-9,14H,2-3,10-12H2,1H3,(H,20,21,22)/t14-/m1/s1. The van der Waals surface area contributed by atoms with Crippen molar-refractivity contribution >= 4 is 11.2 Å². The van der Waals surface area contributed by atoms with E-state index in [2.05, 4.69) is 37.2 Å². The van der Waals surface area contributed by atoms with E-state index >= 15 is 0 Å². The molecule has 0 unspecified atom stereocenters. The van der Waals surface area contributed by atoms with E-state index in [9.17, 15) is 0 Å². The van der Waals surface area contributed by atoms with E-state index in [0.29, 0.717) is 11.6 Å². The Morgan fingerprint density at radius 2 is 2.04 bits per heavy atom. The van der Waals surface area contributed by atoms with Gasteiger partial charge in [0.2, 0.25) is 0 Å². The van der Waals surface area contributed by atoms with Crippen LogP contribution < -0.4 is 4.74 Å². The van der Waals surface area contributed by atoms with Crippen LogP contribution in [0.1, 0.15) is 30.0 Å². The lowest BCUT2D eigenvalue weighted by atomic mass is 9.94. The van der Waals surface area contributed by atoms with E-state index in [4.69, 9.17) is 4.74 Å². The number of hydrogen-bond acceptors (Lipinski definition) is 5. The van der Waals surface area contributed by atoms with E-state index in [1.54, 1.807) is 19.5 Å². The fourth-order valence-electron chi connectivity index (χ4n) is 3.48. The summed E-state index contributed by atoms with van der Waals surface area (Å²) in [5.41, 5.74) is 4.05. The highest BCUT2D eigenvalue weighted by atomic mass is 16.5. The molecule has 6 heteroatoms. The fraction of sp³-hybridized carbons (Fsp3) is 0.389. The van der Waals surface area contributed by atoms with Crippen molar-refractivity contribution in [2.24, 2.45) is 0 Å². The summed E-state index contributed by atoms with van der Waals surface area (Å²) in [7, 11) is 1.70. The average molecular weight is 323 g/mol. The van der Waals surface area contributed by atoms with E-state index < -0.39 is 0 Å². The largest absolute Gasteiger partial charge is 0.497 e. The zero-order valence-electron chi connectivity index (χ0n) is 13.8. The SMILES string of the molecule is COc1ccc(CN2CCC[C@@H](c3[nH]nc4nccnc34)C2)cc1. The van der Waals surface area contributed by atoms with E-state index in [-0.39, 0.29) is 0 Å². The van der Waals surface area contributed by atoms with Crippen molar-refractivity contribution in [3.8, 4) is 5.75 Å². The van der Waals surface area contributed by atoms with Gasteiger partial charge >= 0.3 is 0 Å². The summed E-state index contributed by atoms with van der Waals surface area (Å²) in [5, 5.41) is 7.46. The lowest BCUT2D eigenvalue weighted by molar-refractivity contribution is 0.199. The molecule has 1 aliphatic heterocycles. The van der Waals surface area contributed by atoms with Crippen LogP contribution in [0.15, 0.2) is 36.7 Å². The minimum Gasteiger partial charge on any atom is -0.497 e. The molecule has 0 spiro atoms. The third kappa shape index (κ3) is 2.97. The number of ether oxygens (including phenoxy) is 1. The molecule has 0 radical (unpaired) electrons. The monoisotopic (exact) mass is 323 g/mol. The minimum atomic E-state index is 0.429. The van der Waals surface area contributed by atoms with Crippen molar-refractivity contribution < 1.29 is 4.74 Å². The van der Waals surface area contributed by atoms with Gasteiger partial charge in [-0.3, -0.25) is 10.00 Å². The third-order valence-corrected chi connectivity index (χ3v) is 4.70. The number of likely N-dealkylation sites (tertiary alicyclic amines) is 1. The Labute approximate surface area is 140 Å². The molecule has 1 saturated heterocycles. The number of methoxy groups -OCH3 is 1. The summed E-state index contributed by atoms with van der Waals surface area (Å²) < 4.78 is 5.23. The number of rotatable bonds is 4. The summed E-state index contributed by atoms with van der Waals surface area (Å²) in [6, 6.07) is 8.32. The van der Waals surface area contributed by atoms with Crippen LogP contribution in [0.25, 0.3) is 11.2 Å². The highest BCUT2D eigenvalue weighted by Gasteiger charge is 2.25. The summed E-state index contributed by atoms with van der Waals surface area (Å²) in [5.74, 6) is 1.33. The highest BCUT2D eigenvalue weighted by Crippen LogP contribution is 2.29. The zero-order chi connectivity index (χ0) is 16.4. The molecule has 1 fully saturated rings. The molecular weight excluding hydrogens is 302 g/mol. The maximum atomic E-state index is 5.23. The molecule has 1 N–H and O–H groups in total. The molecule has 1 aromatic carbocycles. The molecule has 3 aromatic rings. The topological polar surface area (TPSA) is 66.9 Å². The van der Waals surface area contributed by atoms with Gasteiger partial charge in [-0.15, -0.1) is 0 Å². The Morgan fingerprint density at radius 3 is 2.88 bits per heavy atom. The number of benzene rings is 1. The Morgan fingerprint density at radius 1 is 1.21 bits per heavy atom. The number of nitrogens with zero attached hydrogens (tertiary/aromatic N) is 4. The number of piperidine rings is 1. The second-order valence-electron chi connectivity index (χ2n) is 6.29. The fourth-order valence-corrected chi connectivity index (χ4v) is 3.48. The van der Waals surface area contributed by atoms with Crippen LogP contribution in [0, 0.1) is 0 Å². The van der Waals surface area contributed by atoms with Crippen molar-refractivity contribution in [3.63, 3.8) is 0 Å². The van der Waals surface area contributed by atoms with Crippen molar-refractivity contribution in [2.75, 3.05) is 20.2 Å². The van der Waals surface area contributed by atoms with E-state index in [0.717, 1.165) is 43.0 Å². The van der Waals surface area contributed by atoms with Gasteiger partial charge in [0.15, 0.2) is 5.65 Å². The smallest absolute Gasteiger partial charge is 0.199 e. The van der Waals surface area contributed by atoms with Crippen LogP contribution in [0.3, 0.4) is 0 Å². The lowest BCUT2D eigenvalue weighted by Crippen LogP contribution is -2.34. The maximum Gasteiger partial charge on any atom is 0.199 e. The summed E-state index contributed by atoms with van der Waals surface area (Å²) >= 11 is 0. The number of nitrogens with one attached hydrogen (secondary N) is 1. The van der Waals surface area contributed by atoms with Gasteiger partial charge < -0.3 is 4.74 Å². The highest BCUT2D eigenvalue weighted by molar-refractivity contribution is 5.72. The zero-order valence-corrected chi connectivity index (χ0v) is 13.8. The summed E-state index contributed by atoms with van der Waals surface area (Å²) in [4.78, 5) is 11.2. The van der Waals surface area contributed by atoms with Gasteiger partial charge in [-0.1, -0.05) is 12.1 Å². The molecule has 0 saturated carbocycles. The second kappa shape index (κ2) is 6.57. The van der Waals surface area contributed by atoms with Crippen molar-refractivity contribution in [1.29, 1.82) is 0 Å². The lowest BCUT2D eigenvalue weighted by Gasteiger charge is -2.32. The molecule has 6 nitrogen and oxygen atoms in total. The van der Waals surface area contributed by atoms with Crippen molar-refractivity contribution in [2.45, 2.75) is 25.3 Å². The first-order valence-corrected chi connectivity index (χ1v) is 8.34. The van der Waals surface area contributed by atoms with Gasteiger partial charge in [-0.2, -0.15) is 5.10 Å². The molecule has 0 amide bonds. The number of fused-ring (bicyclic) bond motifs is 1. The normalized spacial score (nSPS) is 18.8. The molecule has 3 heterocycles. The van der Waals surface area contributed by atoms with Crippen molar-refractivity contribution in [1.82, 2.24) is 25.1 Å². The molecule has 1 aliphatic rings. The maximum absolute atomic E-state index is 5.23. The van der Waals surface area contributed by atoms with Gasteiger partial charge in [-0.25, -0.2) is 9.97 Å². The van der Waals surface area contributed by atoms with Gasteiger partial charge in [-0.05, 0) is 37.1 Å². The Bertz CT molecular complexity index is 814. The molecule has 0 aliphatic carbocycles. The quantitative estimate of drug-likeness (QED) is 0.799. The van der Waals surface area contributed by atoms with Crippen molar-refractivity contribution in [3.05, 3.63) is 47.9 Å². The number of aromatic nitrogens is 4. The minimum absolute atomic E-state index is 0.429. The first-order valence-electron chi connectivity index (χ1n) is 8.34. The molecular formula is C18H21N5O. The number of aromatic amines is 1. The molecule has 24 heavy (non-hydrogen) atoms. The van der Waals surface area contributed by atoms with Crippen LogP contribution in [0.5, 0.6) is 5.75 Å². The predicted molar refractivity (Wildman–Crippen MR) is 91.9 cm³/mol. The second-order valence-corrected chi connectivity index (χ2v) is 6.29. The molecule has 0 bridgehead atoms.